The minimum atomic E-state index is -1.03. The van der Waals surface area contributed by atoms with Crippen LogP contribution < -0.4 is 19.4 Å². The Morgan fingerprint density at radius 1 is 0.829 bits per heavy atom. The van der Waals surface area contributed by atoms with Gasteiger partial charge in [-0.3, -0.25) is 14.4 Å². The molecule has 6 rings (SSSR count). The van der Waals surface area contributed by atoms with Gasteiger partial charge in [-0.15, -0.1) is 0 Å². The molecule has 3 atom stereocenters. The Balaban J connectivity index is 1.36. The topological polar surface area (TPSA) is 85.4 Å². The molecule has 0 spiro atoms. The van der Waals surface area contributed by atoms with E-state index in [2.05, 4.69) is 0 Å². The zero-order valence-corrected chi connectivity index (χ0v) is 22.2. The maximum Gasteiger partial charge on any atom is 0.343 e. The van der Waals surface area contributed by atoms with Crippen molar-refractivity contribution >= 4 is 29.2 Å². The number of esters is 1. The number of carbonyl (C=O) groups is 3. The number of halogens is 1. The Hall–Kier alpha value is -5.02. The summed E-state index contributed by atoms with van der Waals surface area (Å²) >= 11 is 0. The molecule has 9 heteroatoms. The van der Waals surface area contributed by atoms with E-state index < -0.39 is 35.8 Å². The number of carbonyl (C=O) groups excluding carboxylic acids is 3. The second-order valence-electron chi connectivity index (χ2n) is 9.81. The molecule has 0 saturated carbocycles. The van der Waals surface area contributed by atoms with Gasteiger partial charge in [-0.25, -0.2) is 19.1 Å². The summed E-state index contributed by atoms with van der Waals surface area (Å²) < 4.78 is 24.4. The Labute approximate surface area is 235 Å². The number of rotatable bonds is 6. The third kappa shape index (κ3) is 4.70. The summed E-state index contributed by atoms with van der Waals surface area (Å²) in [5, 5.41) is 1.58. The molecule has 2 aliphatic heterocycles. The standard InChI is InChI=1S/C32H25FN2O6/c1-19-8-15-23(16-9-19)34-30(36)27-28(35(41-29(27)31(34)37)24-6-4-3-5-7-24)21-12-17-25(26(18-21)39-2)40-32(38)20-10-13-22(33)14-11-20/h3-18,27-29H,1-2H3/t27-,28-,29-/m1/s1. The number of benzene rings is 4. The van der Waals surface area contributed by atoms with Crippen LogP contribution >= 0.6 is 0 Å². The molecule has 0 aliphatic carbocycles. The van der Waals surface area contributed by atoms with Crippen molar-refractivity contribution in [2.75, 3.05) is 17.1 Å². The van der Waals surface area contributed by atoms with Crippen LogP contribution in [0.1, 0.15) is 27.5 Å². The second kappa shape index (κ2) is 10.5. The number of fused-ring (bicyclic) bond motifs is 1. The molecule has 206 valence electrons. The molecule has 0 N–H and O–H groups in total. The third-order valence-corrected chi connectivity index (χ3v) is 7.23. The fraction of sp³-hybridized carbons (Fsp3) is 0.156. The Morgan fingerprint density at radius 2 is 1.54 bits per heavy atom. The first-order valence-electron chi connectivity index (χ1n) is 13.0. The summed E-state index contributed by atoms with van der Waals surface area (Å²) in [6.45, 7) is 1.93. The molecule has 2 fully saturated rings. The zero-order chi connectivity index (χ0) is 28.7. The number of methoxy groups -OCH3 is 1. The molecule has 4 aromatic carbocycles. The van der Waals surface area contributed by atoms with Crippen LogP contribution in [0.5, 0.6) is 11.5 Å². The number of hydrogen-bond donors (Lipinski definition) is 0. The monoisotopic (exact) mass is 552 g/mol. The maximum absolute atomic E-state index is 13.9. The van der Waals surface area contributed by atoms with Gasteiger partial charge in [0.1, 0.15) is 11.7 Å². The lowest BCUT2D eigenvalue weighted by molar-refractivity contribution is -0.126. The molecule has 0 radical (unpaired) electrons. The molecule has 0 unspecified atom stereocenters. The Morgan fingerprint density at radius 3 is 2.22 bits per heavy atom. The summed E-state index contributed by atoms with van der Waals surface area (Å²) in [4.78, 5) is 47.5. The van der Waals surface area contributed by atoms with Crippen molar-refractivity contribution < 1.29 is 33.1 Å². The molecule has 2 aliphatic rings. The largest absolute Gasteiger partial charge is 0.493 e. The minimum absolute atomic E-state index is 0.141. The van der Waals surface area contributed by atoms with E-state index >= 15 is 0 Å². The minimum Gasteiger partial charge on any atom is -0.493 e. The fourth-order valence-electron chi connectivity index (χ4n) is 5.20. The maximum atomic E-state index is 13.9. The number of para-hydroxylation sites is 1. The summed E-state index contributed by atoms with van der Waals surface area (Å²) in [6, 6.07) is 25.6. The average Bonchev–Trinajstić information content (AvgIpc) is 3.50. The summed E-state index contributed by atoms with van der Waals surface area (Å²) in [7, 11) is 1.43. The van der Waals surface area contributed by atoms with Crippen molar-refractivity contribution in [1.82, 2.24) is 0 Å². The van der Waals surface area contributed by atoms with Gasteiger partial charge in [0.15, 0.2) is 17.6 Å². The number of aryl methyl sites for hydroxylation is 1. The highest BCUT2D eigenvalue weighted by atomic mass is 19.1. The van der Waals surface area contributed by atoms with E-state index in [0.717, 1.165) is 5.56 Å². The lowest BCUT2D eigenvalue weighted by atomic mass is 9.90. The van der Waals surface area contributed by atoms with Gasteiger partial charge in [0, 0.05) is 0 Å². The van der Waals surface area contributed by atoms with Gasteiger partial charge < -0.3 is 9.47 Å². The van der Waals surface area contributed by atoms with Gasteiger partial charge in [-0.2, -0.15) is 0 Å². The number of ether oxygens (including phenoxy) is 2. The number of imide groups is 1. The molecule has 2 amide bonds. The predicted molar refractivity (Wildman–Crippen MR) is 148 cm³/mol. The van der Waals surface area contributed by atoms with Gasteiger partial charge in [-0.05, 0) is 73.2 Å². The van der Waals surface area contributed by atoms with Crippen molar-refractivity contribution in [3.63, 3.8) is 0 Å². The van der Waals surface area contributed by atoms with Crippen LogP contribution in [0.25, 0.3) is 0 Å². The Bertz CT molecular complexity index is 1620. The molecule has 8 nitrogen and oxygen atoms in total. The van der Waals surface area contributed by atoms with Gasteiger partial charge in [0.2, 0.25) is 5.91 Å². The van der Waals surface area contributed by atoms with Crippen LogP contribution in [-0.2, 0) is 14.4 Å². The first-order chi connectivity index (χ1) is 19.9. The van der Waals surface area contributed by atoms with E-state index in [1.807, 2.05) is 49.4 Å². The van der Waals surface area contributed by atoms with E-state index in [1.165, 1.54) is 36.3 Å². The SMILES string of the molecule is COc1cc([C@@H]2[C@H]3C(=O)N(c4ccc(C)cc4)C(=O)[C@@H]3ON2c2ccccc2)ccc1OC(=O)c1ccc(F)cc1. The molecule has 2 heterocycles. The van der Waals surface area contributed by atoms with Crippen molar-refractivity contribution in [1.29, 1.82) is 0 Å². The van der Waals surface area contributed by atoms with Crippen LogP contribution in [0, 0.1) is 18.7 Å². The highest BCUT2D eigenvalue weighted by Gasteiger charge is 2.60. The molecule has 41 heavy (non-hydrogen) atoms. The molecule has 4 aromatic rings. The number of hydrogen-bond acceptors (Lipinski definition) is 7. The number of nitrogens with zero attached hydrogens (tertiary/aromatic N) is 2. The van der Waals surface area contributed by atoms with Crippen molar-refractivity contribution in [2.24, 2.45) is 5.92 Å². The lowest BCUT2D eigenvalue weighted by Crippen LogP contribution is -2.37. The van der Waals surface area contributed by atoms with Gasteiger partial charge >= 0.3 is 5.97 Å². The highest BCUT2D eigenvalue weighted by Crippen LogP contribution is 2.48. The first-order valence-corrected chi connectivity index (χ1v) is 13.0. The molecular formula is C32H25FN2O6. The summed E-state index contributed by atoms with van der Waals surface area (Å²) in [5.74, 6) is -2.44. The van der Waals surface area contributed by atoms with Gasteiger partial charge in [0.25, 0.3) is 5.91 Å². The number of hydroxylamine groups is 1. The van der Waals surface area contributed by atoms with Crippen LogP contribution in [-0.4, -0.2) is 31.0 Å². The van der Waals surface area contributed by atoms with Crippen LogP contribution in [0.4, 0.5) is 15.8 Å². The van der Waals surface area contributed by atoms with Gasteiger partial charge in [0.05, 0.1) is 30.1 Å². The molecule has 0 aromatic heterocycles. The smallest absolute Gasteiger partial charge is 0.343 e. The summed E-state index contributed by atoms with van der Waals surface area (Å²) in [6.07, 6.45) is -1.03. The third-order valence-electron chi connectivity index (χ3n) is 7.23. The van der Waals surface area contributed by atoms with Crippen LogP contribution in [0.3, 0.4) is 0 Å². The van der Waals surface area contributed by atoms with E-state index in [4.69, 9.17) is 14.3 Å². The van der Waals surface area contributed by atoms with E-state index in [9.17, 15) is 18.8 Å². The normalized spacial score (nSPS) is 19.8. The second-order valence-corrected chi connectivity index (χ2v) is 9.81. The van der Waals surface area contributed by atoms with E-state index in [-0.39, 0.29) is 23.0 Å². The van der Waals surface area contributed by atoms with E-state index in [0.29, 0.717) is 16.9 Å². The van der Waals surface area contributed by atoms with E-state index in [1.54, 1.807) is 35.4 Å². The first kappa shape index (κ1) is 26.2. The molecular weight excluding hydrogens is 527 g/mol. The number of amides is 2. The van der Waals surface area contributed by atoms with Crippen molar-refractivity contribution in [3.8, 4) is 11.5 Å². The lowest BCUT2D eigenvalue weighted by Gasteiger charge is -2.29. The molecule has 2 saturated heterocycles. The van der Waals surface area contributed by atoms with Gasteiger partial charge in [-0.1, -0.05) is 42.0 Å². The average molecular weight is 553 g/mol. The van der Waals surface area contributed by atoms with Crippen LogP contribution in [0.15, 0.2) is 97.1 Å². The number of anilines is 2. The van der Waals surface area contributed by atoms with Crippen LogP contribution in [0.2, 0.25) is 0 Å². The quantitative estimate of drug-likeness (QED) is 0.180. The highest BCUT2D eigenvalue weighted by molar-refractivity contribution is 6.23. The van der Waals surface area contributed by atoms with Crippen molar-refractivity contribution in [3.05, 3.63) is 120 Å². The summed E-state index contributed by atoms with van der Waals surface area (Å²) in [5.41, 5.74) is 2.94. The zero-order valence-electron chi connectivity index (χ0n) is 22.2. The predicted octanol–water partition coefficient (Wildman–Crippen LogP) is 5.41. The van der Waals surface area contributed by atoms with Crippen molar-refractivity contribution in [2.45, 2.75) is 19.1 Å². The molecule has 0 bridgehead atoms. The fourth-order valence-corrected chi connectivity index (χ4v) is 5.20. The Kier molecular flexibility index (Phi) is 6.72.